The molecule has 4 nitrogen and oxygen atoms in total. The van der Waals surface area contributed by atoms with Crippen LogP contribution in [0.25, 0.3) is 0 Å². The van der Waals surface area contributed by atoms with Crippen LogP contribution in [0, 0.1) is 5.92 Å². The molecule has 2 rings (SSSR count). The van der Waals surface area contributed by atoms with E-state index in [0.29, 0.717) is 6.61 Å². The highest BCUT2D eigenvalue weighted by Gasteiger charge is 2.37. The number of nitrogens with zero attached hydrogens (tertiary/aromatic N) is 1. The highest BCUT2D eigenvalue weighted by molar-refractivity contribution is 5.84. The third-order valence-corrected chi connectivity index (χ3v) is 4.29. The smallest absolute Gasteiger partial charge is 0.241 e. The van der Waals surface area contributed by atoms with Crippen molar-refractivity contribution in [1.82, 2.24) is 10.2 Å². The third-order valence-electron chi connectivity index (χ3n) is 4.29. The predicted octanol–water partition coefficient (Wildman–Crippen LogP) is 2.53. The lowest BCUT2D eigenvalue weighted by Gasteiger charge is -2.23. The fraction of sp³-hybridized carbons (Fsp3) is 0.938. The zero-order chi connectivity index (χ0) is 14.4. The van der Waals surface area contributed by atoms with Crippen LogP contribution in [-0.2, 0) is 9.53 Å². The van der Waals surface area contributed by atoms with E-state index in [1.165, 1.54) is 12.8 Å². The summed E-state index contributed by atoms with van der Waals surface area (Å²) in [5.74, 6) is 1.08. The van der Waals surface area contributed by atoms with Crippen molar-refractivity contribution in [3.63, 3.8) is 0 Å². The summed E-state index contributed by atoms with van der Waals surface area (Å²) in [5, 5.41) is 3.51. The molecule has 0 aromatic rings. The molecule has 1 aliphatic carbocycles. The van der Waals surface area contributed by atoms with Crippen molar-refractivity contribution in [2.75, 3.05) is 19.8 Å². The maximum Gasteiger partial charge on any atom is 0.241 e. The molecule has 0 aromatic heterocycles. The minimum Gasteiger partial charge on any atom is -0.379 e. The molecule has 2 fully saturated rings. The van der Waals surface area contributed by atoms with E-state index in [4.69, 9.17) is 4.74 Å². The van der Waals surface area contributed by atoms with Gasteiger partial charge in [-0.2, -0.15) is 0 Å². The standard InChI is InChI=1S/C16H30N2O2/c1-3-5-7-14-16(19)18(15(17-14)6-4-2)10-11-20-12-13-8-9-13/h13-15,17H,3-12H2,1-2H3. The molecular formula is C16H30N2O2. The molecule has 116 valence electrons. The SMILES string of the molecule is CCCCC1NC(CCC)N(CCOCC2CC2)C1=O. The van der Waals surface area contributed by atoms with Gasteiger partial charge in [-0.15, -0.1) is 0 Å². The first-order chi connectivity index (χ1) is 9.76. The average Bonchev–Trinajstić information content (AvgIpc) is 3.21. The second-order valence-electron chi connectivity index (χ2n) is 6.22. The summed E-state index contributed by atoms with van der Waals surface area (Å²) < 4.78 is 5.69. The number of hydrogen-bond donors (Lipinski definition) is 1. The summed E-state index contributed by atoms with van der Waals surface area (Å²) in [6, 6.07) is 0.0370. The van der Waals surface area contributed by atoms with Gasteiger partial charge in [0.1, 0.15) is 0 Å². The molecule has 1 heterocycles. The van der Waals surface area contributed by atoms with Crippen LogP contribution in [0.3, 0.4) is 0 Å². The van der Waals surface area contributed by atoms with Crippen molar-refractivity contribution < 1.29 is 9.53 Å². The Morgan fingerprint density at radius 3 is 2.70 bits per heavy atom. The van der Waals surface area contributed by atoms with Gasteiger partial charge in [0.15, 0.2) is 0 Å². The molecule has 0 bridgehead atoms. The van der Waals surface area contributed by atoms with Gasteiger partial charge < -0.3 is 9.64 Å². The molecule has 1 saturated heterocycles. The van der Waals surface area contributed by atoms with Gasteiger partial charge in [-0.25, -0.2) is 0 Å². The number of unbranched alkanes of at least 4 members (excludes halogenated alkanes) is 1. The first kappa shape index (κ1) is 15.8. The third kappa shape index (κ3) is 4.45. The summed E-state index contributed by atoms with van der Waals surface area (Å²) >= 11 is 0. The number of ether oxygens (including phenoxy) is 1. The topological polar surface area (TPSA) is 41.6 Å². The molecule has 1 amide bonds. The predicted molar refractivity (Wildman–Crippen MR) is 80.4 cm³/mol. The van der Waals surface area contributed by atoms with E-state index in [1.807, 2.05) is 4.90 Å². The minimum atomic E-state index is 0.0370. The second-order valence-corrected chi connectivity index (χ2v) is 6.22. The van der Waals surface area contributed by atoms with E-state index >= 15 is 0 Å². The van der Waals surface area contributed by atoms with E-state index in [-0.39, 0.29) is 18.1 Å². The first-order valence-corrected chi connectivity index (χ1v) is 8.40. The number of hydrogen-bond acceptors (Lipinski definition) is 3. The molecular weight excluding hydrogens is 252 g/mol. The van der Waals surface area contributed by atoms with Gasteiger partial charge in [-0.1, -0.05) is 33.1 Å². The van der Waals surface area contributed by atoms with Crippen molar-refractivity contribution in [2.45, 2.75) is 71.0 Å². The molecule has 2 unspecified atom stereocenters. The molecule has 1 aliphatic heterocycles. The Morgan fingerprint density at radius 2 is 2.05 bits per heavy atom. The van der Waals surface area contributed by atoms with E-state index in [0.717, 1.165) is 51.2 Å². The van der Waals surface area contributed by atoms with Crippen molar-refractivity contribution in [3.8, 4) is 0 Å². The highest BCUT2D eigenvalue weighted by atomic mass is 16.5. The normalized spacial score (nSPS) is 26.5. The fourth-order valence-corrected chi connectivity index (χ4v) is 2.84. The molecule has 20 heavy (non-hydrogen) atoms. The second kappa shape index (κ2) is 7.99. The summed E-state index contributed by atoms with van der Waals surface area (Å²) in [4.78, 5) is 14.5. The van der Waals surface area contributed by atoms with Gasteiger partial charge in [0.25, 0.3) is 0 Å². The van der Waals surface area contributed by atoms with E-state index in [1.54, 1.807) is 0 Å². The molecule has 2 atom stereocenters. The largest absolute Gasteiger partial charge is 0.379 e. The zero-order valence-electron chi connectivity index (χ0n) is 13.1. The van der Waals surface area contributed by atoms with Crippen LogP contribution in [0.1, 0.15) is 58.8 Å². The van der Waals surface area contributed by atoms with Crippen molar-refractivity contribution in [1.29, 1.82) is 0 Å². The average molecular weight is 282 g/mol. The molecule has 0 aromatic carbocycles. The monoisotopic (exact) mass is 282 g/mol. The van der Waals surface area contributed by atoms with Gasteiger partial charge in [-0.3, -0.25) is 10.1 Å². The van der Waals surface area contributed by atoms with Crippen LogP contribution < -0.4 is 5.32 Å². The lowest BCUT2D eigenvalue weighted by molar-refractivity contribution is -0.131. The lowest BCUT2D eigenvalue weighted by atomic mass is 10.1. The Kier molecular flexibility index (Phi) is 6.30. The fourth-order valence-electron chi connectivity index (χ4n) is 2.84. The van der Waals surface area contributed by atoms with Gasteiger partial charge in [0.05, 0.1) is 18.8 Å². The number of amides is 1. The molecule has 0 radical (unpaired) electrons. The Hall–Kier alpha value is -0.610. The molecule has 1 N–H and O–H groups in total. The van der Waals surface area contributed by atoms with Crippen LogP contribution in [0.15, 0.2) is 0 Å². The first-order valence-electron chi connectivity index (χ1n) is 8.40. The van der Waals surface area contributed by atoms with E-state index in [9.17, 15) is 4.79 Å². The van der Waals surface area contributed by atoms with Crippen LogP contribution in [0.2, 0.25) is 0 Å². The molecule has 1 saturated carbocycles. The molecule has 4 heteroatoms. The van der Waals surface area contributed by atoms with E-state index in [2.05, 4.69) is 19.2 Å². The maximum absolute atomic E-state index is 12.4. The van der Waals surface area contributed by atoms with E-state index < -0.39 is 0 Å². The number of carbonyl (C=O) groups excluding carboxylic acids is 1. The van der Waals surface area contributed by atoms with Crippen molar-refractivity contribution in [2.24, 2.45) is 5.92 Å². The number of nitrogens with one attached hydrogen (secondary N) is 1. The quantitative estimate of drug-likeness (QED) is 0.626. The van der Waals surface area contributed by atoms with Crippen LogP contribution in [0.4, 0.5) is 0 Å². The van der Waals surface area contributed by atoms with Gasteiger partial charge in [0.2, 0.25) is 5.91 Å². The summed E-state index contributed by atoms with van der Waals surface area (Å²) in [7, 11) is 0. The molecule has 0 spiro atoms. The number of carbonyl (C=O) groups is 1. The lowest BCUT2D eigenvalue weighted by Crippen LogP contribution is -2.39. The van der Waals surface area contributed by atoms with Crippen LogP contribution in [-0.4, -0.2) is 42.8 Å². The van der Waals surface area contributed by atoms with Gasteiger partial charge >= 0.3 is 0 Å². The van der Waals surface area contributed by atoms with Crippen LogP contribution >= 0.6 is 0 Å². The highest BCUT2D eigenvalue weighted by Crippen LogP contribution is 2.28. The zero-order valence-corrected chi connectivity index (χ0v) is 13.1. The number of rotatable bonds is 10. The summed E-state index contributed by atoms with van der Waals surface area (Å²) in [5.41, 5.74) is 0. The summed E-state index contributed by atoms with van der Waals surface area (Å²) in [6.45, 7) is 6.66. The van der Waals surface area contributed by atoms with Crippen LogP contribution in [0.5, 0.6) is 0 Å². The Bertz CT molecular complexity index is 305. The Morgan fingerprint density at radius 1 is 1.25 bits per heavy atom. The Balaban J connectivity index is 1.76. The molecule has 2 aliphatic rings. The van der Waals surface area contributed by atoms with Crippen molar-refractivity contribution >= 4 is 5.91 Å². The van der Waals surface area contributed by atoms with Gasteiger partial charge in [-0.05, 0) is 31.6 Å². The van der Waals surface area contributed by atoms with Gasteiger partial charge in [0, 0.05) is 13.2 Å². The maximum atomic E-state index is 12.4. The summed E-state index contributed by atoms with van der Waals surface area (Å²) in [6.07, 6.45) is 8.24. The Labute approximate surface area is 123 Å². The van der Waals surface area contributed by atoms with Crippen molar-refractivity contribution in [3.05, 3.63) is 0 Å². The minimum absolute atomic E-state index is 0.0370.